The van der Waals surface area contributed by atoms with Crippen molar-refractivity contribution in [1.82, 2.24) is 9.62 Å². The molecule has 0 aliphatic carbocycles. The van der Waals surface area contributed by atoms with Gasteiger partial charge in [0.2, 0.25) is 10.0 Å². The molecule has 0 aliphatic rings. The van der Waals surface area contributed by atoms with Crippen LogP contribution in [0.2, 0.25) is 0 Å². The molecule has 0 bridgehead atoms. The van der Waals surface area contributed by atoms with Gasteiger partial charge in [0.1, 0.15) is 0 Å². The number of rotatable bonds is 7. The molecule has 116 valence electrons. The molecule has 2 N–H and O–H groups in total. The zero-order valence-electron chi connectivity index (χ0n) is 12.3. The molecule has 6 nitrogen and oxygen atoms in total. The average molecular weight is 311 g/mol. The highest BCUT2D eigenvalue weighted by Gasteiger charge is 2.13. The van der Waals surface area contributed by atoms with Crippen molar-refractivity contribution in [3.8, 4) is 0 Å². The van der Waals surface area contributed by atoms with E-state index in [0.717, 1.165) is 0 Å². The first-order valence-electron chi connectivity index (χ1n) is 6.71. The van der Waals surface area contributed by atoms with Crippen molar-refractivity contribution in [2.75, 3.05) is 25.0 Å². The number of hydrogen-bond donors (Lipinski definition) is 2. The number of sulfonamides is 1. The first-order valence-corrected chi connectivity index (χ1v) is 8.19. The summed E-state index contributed by atoms with van der Waals surface area (Å²) in [6, 6.07) is 5.81. The molecule has 0 saturated heterocycles. The van der Waals surface area contributed by atoms with E-state index in [1.165, 1.54) is 18.2 Å². The van der Waals surface area contributed by atoms with Crippen molar-refractivity contribution in [1.29, 1.82) is 0 Å². The lowest BCUT2D eigenvalue weighted by Gasteiger charge is -2.19. The molecule has 1 rings (SSSR count). The number of nitrogens with one attached hydrogen (secondary N) is 2. The maximum Gasteiger partial charge on any atom is 0.321 e. The van der Waals surface area contributed by atoms with E-state index in [1.54, 1.807) is 17.0 Å². The first-order chi connectivity index (χ1) is 9.94. The van der Waals surface area contributed by atoms with Crippen molar-refractivity contribution < 1.29 is 13.2 Å². The van der Waals surface area contributed by atoms with Crippen LogP contribution in [0.15, 0.2) is 41.8 Å². The van der Waals surface area contributed by atoms with Crippen molar-refractivity contribution in [3.63, 3.8) is 0 Å². The van der Waals surface area contributed by atoms with E-state index in [9.17, 15) is 13.2 Å². The van der Waals surface area contributed by atoms with E-state index < -0.39 is 10.0 Å². The molecule has 0 saturated carbocycles. The zero-order chi connectivity index (χ0) is 15.9. The van der Waals surface area contributed by atoms with Gasteiger partial charge in [-0.2, -0.15) is 0 Å². The second-order valence-electron chi connectivity index (χ2n) is 4.27. The van der Waals surface area contributed by atoms with Gasteiger partial charge in [-0.05, 0) is 38.1 Å². The van der Waals surface area contributed by atoms with Crippen LogP contribution in [0.4, 0.5) is 10.5 Å². The normalized spacial score (nSPS) is 11.0. The Bertz CT molecular complexity index is 578. The van der Waals surface area contributed by atoms with E-state index in [1.807, 2.05) is 13.8 Å². The van der Waals surface area contributed by atoms with Crippen LogP contribution in [0, 0.1) is 0 Å². The topological polar surface area (TPSA) is 78.5 Å². The standard InChI is InChI=1S/C14H21N3O3S/c1-4-11-15-21(19,20)13-9-7-12(8-10-13)16-14(18)17(5-2)6-3/h4,7-10,15H,1,5-6,11H2,2-3H3,(H,16,18). The number of urea groups is 1. The van der Waals surface area contributed by atoms with Gasteiger partial charge < -0.3 is 10.2 Å². The smallest absolute Gasteiger partial charge is 0.321 e. The molecule has 0 atom stereocenters. The fraction of sp³-hybridized carbons (Fsp3) is 0.357. The highest BCUT2D eigenvalue weighted by Crippen LogP contribution is 2.14. The second-order valence-corrected chi connectivity index (χ2v) is 6.03. The molecule has 0 spiro atoms. The zero-order valence-corrected chi connectivity index (χ0v) is 13.1. The molecule has 21 heavy (non-hydrogen) atoms. The summed E-state index contributed by atoms with van der Waals surface area (Å²) < 4.78 is 26.1. The van der Waals surface area contributed by atoms with Crippen LogP contribution in [0.1, 0.15) is 13.8 Å². The number of carbonyl (C=O) groups is 1. The van der Waals surface area contributed by atoms with Crippen LogP contribution in [0.3, 0.4) is 0 Å². The van der Waals surface area contributed by atoms with Crippen LogP contribution in [-0.4, -0.2) is 39.0 Å². The molecule has 0 aromatic heterocycles. The Labute approximate surface area is 125 Å². The fourth-order valence-electron chi connectivity index (χ4n) is 1.68. The SMILES string of the molecule is C=CCNS(=O)(=O)c1ccc(NC(=O)N(CC)CC)cc1. The Morgan fingerprint density at radius 2 is 1.81 bits per heavy atom. The summed E-state index contributed by atoms with van der Waals surface area (Å²) in [5, 5.41) is 2.72. The highest BCUT2D eigenvalue weighted by molar-refractivity contribution is 7.89. The summed E-state index contributed by atoms with van der Waals surface area (Å²) in [5.41, 5.74) is 0.551. The lowest BCUT2D eigenvalue weighted by molar-refractivity contribution is 0.217. The van der Waals surface area contributed by atoms with E-state index >= 15 is 0 Å². The lowest BCUT2D eigenvalue weighted by atomic mass is 10.3. The molecule has 0 fully saturated rings. The van der Waals surface area contributed by atoms with Gasteiger partial charge in [0, 0.05) is 25.3 Å². The molecular formula is C14H21N3O3S. The van der Waals surface area contributed by atoms with Gasteiger partial charge in [0.05, 0.1) is 4.90 Å². The highest BCUT2D eigenvalue weighted by atomic mass is 32.2. The summed E-state index contributed by atoms with van der Waals surface area (Å²) in [7, 11) is -3.54. The van der Waals surface area contributed by atoms with E-state index in [4.69, 9.17) is 0 Å². The lowest BCUT2D eigenvalue weighted by Crippen LogP contribution is -2.34. The van der Waals surface area contributed by atoms with Crippen molar-refractivity contribution in [2.24, 2.45) is 0 Å². The van der Waals surface area contributed by atoms with Crippen molar-refractivity contribution in [3.05, 3.63) is 36.9 Å². The Morgan fingerprint density at radius 3 is 2.29 bits per heavy atom. The van der Waals surface area contributed by atoms with Gasteiger partial charge in [-0.25, -0.2) is 17.9 Å². The van der Waals surface area contributed by atoms with Crippen LogP contribution < -0.4 is 10.0 Å². The molecule has 1 aromatic carbocycles. The average Bonchev–Trinajstić information content (AvgIpc) is 2.47. The Morgan fingerprint density at radius 1 is 1.24 bits per heavy atom. The van der Waals surface area contributed by atoms with Crippen LogP contribution >= 0.6 is 0 Å². The van der Waals surface area contributed by atoms with Crippen LogP contribution in [0.25, 0.3) is 0 Å². The predicted molar refractivity (Wildman–Crippen MR) is 83.8 cm³/mol. The minimum atomic E-state index is -3.54. The maximum atomic E-state index is 11.9. The van der Waals surface area contributed by atoms with Crippen LogP contribution in [-0.2, 0) is 10.0 Å². The molecule has 0 radical (unpaired) electrons. The van der Waals surface area contributed by atoms with Gasteiger partial charge in [-0.3, -0.25) is 0 Å². The van der Waals surface area contributed by atoms with Gasteiger partial charge in [-0.1, -0.05) is 6.08 Å². The number of nitrogens with zero attached hydrogens (tertiary/aromatic N) is 1. The second kappa shape index (κ2) is 7.80. The summed E-state index contributed by atoms with van der Waals surface area (Å²) >= 11 is 0. The third kappa shape index (κ3) is 4.87. The number of hydrogen-bond acceptors (Lipinski definition) is 3. The molecule has 1 aromatic rings. The summed E-state index contributed by atoms with van der Waals surface area (Å²) in [6.45, 7) is 8.64. The van der Waals surface area contributed by atoms with E-state index in [0.29, 0.717) is 18.8 Å². The maximum absolute atomic E-state index is 11.9. The molecular weight excluding hydrogens is 290 g/mol. The van der Waals surface area contributed by atoms with E-state index in [2.05, 4.69) is 16.6 Å². The largest absolute Gasteiger partial charge is 0.325 e. The van der Waals surface area contributed by atoms with Crippen molar-refractivity contribution in [2.45, 2.75) is 18.7 Å². The summed E-state index contributed by atoms with van der Waals surface area (Å²) in [5.74, 6) is 0. The Kier molecular flexibility index (Phi) is 6.39. The third-order valence-electron chi connectivity index (χ3n) is 2.88. The van der Waals surface area contributed by atoms with E-state index in [-0.39, 0.29) is 17.5 Å². The monoisotopic (exact) mass is 311 g/mol. The van der Waals surface area contributed by atoms with Gasteiger partial charge in [0.15, 0.2) is 0 Å². The summed E-state index contributed by atoms with van der Waals surface area (Å²) in [4.78, 5) is 13.6. The minimum absolute atomic E-state index is 0.144. The van der Waals surface area contributed by atoms with Gasteiger partial charge >= 0.3 is 6.03 Å². The van der Waals surface area contributed by atoms with Gasteiger partial charge in [0.25, 0.3) is 0 Å². The Hall–Kier alpha value is -1.86. The number of benzene rings is 1. The molecule has 7 heteroatoms. The third-order valence-corrected chi connectivity index (χ3v) is 4.32. The minimum Gasteiger partial charge on any atom is -0.325 e. The summed E-state index contributed by atoms with van der Waals surface area (Å²) in [6.07, 6.45) is 1.47. The number of carbonyl (C=O) groups excluding carboxylic acids is 1. The molecule has 0 heterocycles. The first kappa shape index (κ1) is 17.2. The van der Waals surface area contributed by atoms with Gasteiger partial charge in [-0.15, -0.1) is 6.58 Å². The molecule has 2 amide bonds. The van der Waals surface area contributed by atoms with Crippen LogP contribution in [0.5, 0.6) is 0 Å². The predicted octanol–water partition coefficient (Wildman–Crippen LogP) is 2.02. The Balaban J connectivity index is 2.79. The quantitative estimate of drug-likeness (QED) is 0.756. The number of amides is 2. The molecule has 0 aliphatic heterocycles. The molecule has 0 unspecified atom stereocenters. The van der Waals surface area contributed by atoms with Crippen molar-refractivity contribution >= 4 is 21.7 Å². The number of anilines is 1. The fourth-order valence-corrected chi connectivity index (χ4v) is 2.68.